The summed E-state index contributed by atoms with van der Waals surface area (Å²) in [5.41, 5.74) is 4.13. The molecule has 1 atom stereocenters. The molecule has 1 heterocycles. The molecule has 0 fully saturated rings. The van der Waals surface area contributed by atoms with E-state index in [9.17, 15) is 4.79 Å². The van der Waals surface area contributed by atoms with Crippen LogP contribution in [0.2, 0.25) is 0 Å². The first kappa shape index (κ1) is 21.9. The number of anilines is 2. The molecule has 3 rings (SSSR count). The Morgan fingerprint density at radius 3 is 2.60 bits per heavy atom. The van der Waals surface area contributed by atoms with E-state index in [0.29, 0.717) is 6.61 Å². The van der Waals surface area contributed by atoms with E-state index >= 15 is 0 Å². The highest BCUT2D eigenvalue weighted by Gasteiger charge is 2.25. The highest BCUT2D eigenvalue weighted by Crippen LogP contribution is 2.35. The first-order valence-electron chi connectivity index (χ1n) is 10.4. The summed E-state index contributed by atoms with van der Waals surface area (Å²) < 4.78 is 11.2. The SMILES string of the molecule is CCN1CC(COC)Oc2ccc(NC(=O)C=Cc3ccc(C(C)(C)C)cc3)cc21. The number of likely N-dealkylation sites (N-methyl/N-ethyl adjacent to an activating group) is 1. The van der Waals surface area contributed by atoms with Crippen LogP contribution >= 0.6 is 0 Å². The third-order valence-corrected chi connectivity index (χ3v) is 5.22. The molecule has 2 aromatic carbocycles. The molecule has 1 amide bonds. The van der Waals surface area contributed by atoms with Crippen molar-refractivity contribution in [3.63, 3.8) is 0 Å². The number of ether oxygens (including phenoxy) is 2. The number of nitrogens with zero attached hydrogens (tertiary/aromatic N) is 1. The maximum absolute atomic E-state index is 12.4. The summed E-state index contributed by atoms with van der Waals surface area (Å²) in [6.45, 7) is 10.8. The lowest BCUT2D eigenvalue weighted by atomic mass is 9.87. The fourth-order valence-corrected chi connectivity index (χ4v) is 3.53. The average molecular weight is 409 g/mol. The molecule has 0 radical (unpaired) electrons. The van der Waals surface area contributed by atoms with Crippen molar-refractivity contribution in [1.29, 1.82) is 0 Å². The fourth-order valence-electron chi connectivity index (χ4n) is 3.53. The zero-order valence-corrected chi connectivity index (χ0v) is 18.6. The van der Waals surface area contributed by atoms with Crippen molar-refractivity contribution in [2.24, 2.45) is 0 Å². The van der Waals surface area contributed by atoms with Crippen molar-refractivity contribution in [3.05, 3.63) is 59.7 Å². The normalized spacial score (nSPS) is 16.3. The van der Waals surface area contributed by atoms with E-state index < -0.39 is 0 Å². The summed E-state index contributed by atoms with van der Waals surface area (Å²) in [6.07, 6.45) is 3.40. The summed E-state index contributed by atoms with van der Waals surface area (Å²) in [6, 6.07) is 14.0. The Labute approximate surface area is 179 Å². The number of fused-ring (bicyclic) bond motifs is 1. The molecule has 1 unspecified atom stereocenters. The van der Waals surface area contributed by atoms with Crippen LogP contribution in [-0.4, -0.2) is 38.8 Å². The third-order valence-electron chi connectivity index (χ3n) is 5.22. The van der Waals surface area contributed by atoms with Gasteiger partial charge >= 0.3 is 0 Å². The van der Waals surface area contributed by atoms with Crippen LogP contribution in [0.25, 0.3) is 6.08 Å². The molecule has 1 N–H and O–H groups in total. The molecule has 160 valence electrons. The van der Waals surface area contributed by atoms with E-state index in [-0.39, 0.29) is 17.4 Å². The van der Waals surface area contributed by atoms with E-state index in [1.165, 1.54) is 5.56 Å². The number of carbonyl (C=O) groups excluding carboxylic acids is 1. The summed E-state index contributed by atoms with van der Waals surface area (Å²) in [5, 5.41) is 2.95. The first-order chi connectivity index (χ1) is 14.3. The minimum atomic E-state index is -0.160. The summed E-state index contributed by atoms with van der Waals surface area (Å²) in [7, 11) is 1.68. The van der Waals surface area contributed by atoms with Gasteiger partial charge in [-0.25, -0.2) is 0 Å². The van der Waals surface area contributed by atoms with Crippen molar-refractivity contribution in [3.8, 4) is 5.75 Å². The molecular formula is C25H32N2O3. The van der Waals surface area contributed by atoms with Gasteiger partial charge in [0.05, 0.1) is 18.8 Å². The Bertz CT molecular complexity index is 898. The number of rotatable bonds is 6. The van der Waals surface area contributed by atoms with Crippen LogP contribution < -0.4 is 15.0 Å². The van der Waals surface area contributed by atoms with Gasteiger partial charge in [0.25, 0.3) is 0 Å². The molecular weight excluding hydrogens is 376 g/mol. The predicted octanol–water partition coefficient (Wildman–Crippen LogP) is 4.87. The number of benzene rings is 2. The fraction of sp³-hybridized carbons (Fsp3) is 0.400. The molecule has 30 heavy (non-hydrogen) atoms. The lowest BCUT2D eigenvalue weighted by Gasteiger charge is -2.35. The molecule has 1 aliphatic rings. The van der Waals surface area contributed by atoms with Crippen molar-refractivity contribution in [1.82, 2.24) is 0 Å². The highest BCUT2D eigenvalue weighted by molar-refractivity contribution is 6.02. The molecule has 0 bridgehead atoms. The van der Waals surface area contributed by atoms with Gasteiger partial charge in [0.15, 0.2) is 0 Å². The molecule has 2 aromatic rings. The van der Waals surface area contributed by atoms with Crippen LogP contribution in [0.15, 0.2) is 48.5 Å². The molecule has 0 saturated heterocycles. The molecule has 5 heteroatoms. The average Bonchev–Trinajstić information content (AvgIpc) is 2.72. The molecule has 0 aromatic heterocycles. The van der Waals surface area contributed by atoms with Crippen molar-refractivity contribution >= 4 is 23.4 Å². The minimum absolute atomic E-state index is 0.00972. The summed E-state index contributed by atoms with van der Waals surface area (Å²) in [4.78, 5) is 14.6. The maximum atomic E-state index is 12.4. The maximum Gasteiger partial charge on any atom is 0.248 e. The number of carbonyl (C=O) groups is 1. The number of hydrogen-bond acceptors (Lipinski definition) is 4. The quantitative estimate of drug-likeness (QED) is 0.693. The van der Waals surface area contributed by atoms with Crippen molar-refractivity contribution < 1.29 is 14.3 Å². The lowest BCUT2D eigenvalue weighted by molar-refractivity contribution is -0.111. The van der Waals surface area contributed by atoms with Gasteiger partial charge in [-0.05, 0) is 47.7 Å². The van der Waals surface area contributed by atoms with Gasteiger partial charge in [-0.15, -0.1) is 0 Å². The second-order valence-electron chi connectivity index (χ2n) is 8.61. The standard InChI is InChI=1S/C25H32N2O3/c1-6-27-16-21(17-29-5)30-23-13-12-20(15-22(23)27)26-24(28)14-9-18-7-10-19(11-8-18)25(2,3)4/h7-15,21H,6,16-17H2,1-5H3,(H,26,28). The van der Waals surface area contributed by atoms with Crippen LogP contribution in [-0.2, 0) is 14.9 Å². The van der Waals surface area contributed by atoms with Gasteiger partial charge in [-0.1, -0.05) is 45.0 Å². The molecule has 0 aliphatic carbocycles. The van der Waals surface area contributed by atoms with Gasteiger partial charge in [0.2, 0.25) is 5.91 Å². The second-order valence-corrected chi connectivity index (χ2v) is 8.61. The van der Waals surface area contributed by atoms with Crippen LogP contribution in [0.5, 0.6) is 5.75 Å². The van der Waals surface area contributed by atoms with Crippen LogP contribution in [0.4, 0.5) is 11.4 Å². The predicted molar refractivity (Wildman–Crippen MR) is 123 cm³/mol. The Morgan fingerprint density at radius 1 is 1.23 bits per heavy atom. The first-order valence-corrected chi connectivity index (χ1v) is 10.4. The summed E-state index contributed by atoms with van der Waals surface area (Å²) in [5.74, 6) is 0.657. The van der Waals surface area contributed by atoms with E-state index in [0.717, 1.165) is 35.8 Å². The Balaban J connectivity index is 1.66. The number of amides is 1. The molecule has 1 aliphatic heterocycles. The number of nitrogens with one attached hydrogen (secondary N) is 1. The number of hydrogen-bond donors (Lipinski definition) is 1. The van der Waals surface area contributed by atoms with Gasteiger partial charge in [-0.2, -0.15) is 0 Å². The van der Waals surface area contributed by atoms with Gasteiger partial charge in [0, 0.05) is 25.4 Å². The number of methoxy groups -OCH3 is 1. The third kappa shape index (κ3) is 5.42. The zero-order valence-electron chi connectivity index (χ0n) is 18.6. The Morgan fingerprint density at radius 2 is 1.97 bits per heavy atom. The van der Waals surface area contributed by atoms with Gasteiger partial charge < -0.3 is 19.7 Å². The minimum Gasteiger partial charge on any atom is -0.484 e. The van der Waals surface area contributed by atoms with Crippen molar-refractivity contribution in [2.45, 2.75) is 39.2 Å². The second kappa shape index (κ2) is 9.35. The van der Waals surface area contributed by atoms with Gasteiger partial charge in [-0.3, -0.25) is 4.79 Å². The highest BCUT2D eigenvalue weighted by atomic mass is 16.5. The largest absolute Gasteiger partial charge is 0.484 e. The van der Waals surface area contributed by atoms with Crippen LogP contribution in [0, 0.1) is 0 Å². The van der Waals surface area contributed by atoms with E-state index in [1.807, 2.05) is 36.4 Å². The molecule has 0 saturated carbocycles. The van der Waals surface area contributed by atoms with E-state index in [1.54, 1.807) is 13.2 Å². The molecule has 5 nitrogen and oxygen atoms in total. The topological polar surface area (TPSA) is 50.8 Å². The van der Waals surface area contributed by atoms with E-state index in [2.05, 4.69) is 50.0 Å². The lowest BCUT2D eigenvalue weighted by Crippen LogP contribution is -2.42. The van der Waals surface area contributed by atoms with Crippen LogP contribution in [0.1, 0.15) is 38.8 Å². The zero-order chi connectivity index (χ0) is 21.7. The Kier molecular flexibility index (Phi) is 6.83. The van der Waals surface area contributed by atoms with E-state index in [4.69, 9.17) is 9.47 Å². The van der Waals surface area contributed by atoms with Crippen LogP contribution in [0.3, 0.4) is 0 Å². The monoisotopic (exact) mass is 408 g/mol. The summed E-state index contributed by atoms with van der Waals surface area (Å²) >= 11 is 0. The Hall–Kier alpha value is -2.79. The molecule has 0 spiro atoms. The smallest absolute Gasteiger partial charge is 0.248 e. The van der Waals surface area contributed by atoms with Crippen molar-refractivity contribution in [2.75, 3.05) is 37.0 Å². The van der Waals surface area contributed by atoms with Gasteiger partial charge in [0.1, 0.15) is 11.9 Å².